The number of thiophene rings is 1. The maximum Gasteiger partial charge on any atom is 0.247 e. The number of fused-ring (bicyclic) bond motifs is 2. The van der Waals surface area contributed by atoms with Crippen LogP contribution in [0, 0.1) is 0 Å². The van der Waals surface area contributed by atoms with E-state index in [0.29, 0.717) is 11.0 Å². The average Bonchev–Trinajstić information content (AvgIpc) is 3.02. The third-order valence-corrected chi connectivity index (χ3v) is 6.23. The van der Waals surface area contributed by atoms with Gasteiger partial charge in [0.15, 0.2) is 0 Å². The zero-order valence-corrected chi connectivity index (χ0v) is 12.4. The van der Waals surface area contributed by atoms with Crippen LogP contribution in [0.3, 0.4) is 0 Å². The van der Waals surface area contributed by atoms with E-state index in [0.717, 1.165) is 30.6 Å². The molecule has 0 spiro atoms. The van der Waals surface area contributed by atoms with Crippen LogP contribution in [0.2, 0.25) is 0 Å². The molecule has 6 nitrogen and oxygen atoms in total. The van der Waals surface area contributed by atoms with Crippen LogP contribution in [0.15, 0.2) is 16.3 Å². The fraction of sp³-hybridized carbons (Fsp3) is 0.583. The van der Waals surface area contributed by atoms with Crippen LogP contribution < -0.4 is 10.5 Å². The smallest absolute Gasteiger partial charge is 0.247 e. The highest BCUT2D eigenvalue weighted by Gasteiger charge is 2.41. The monoisotopic (exact) mass is 316 g/mol. The Bertz CT molecular complexity index is 625. The van der Waals surface area contributed by atoms with Gasteiger partial charge in [-0.25, -0.2) is 13.6 Å². The zero-order chi connectivity index (χ0) is 14.3. The molecule has 3 unspecified atom stereocenters. The highest BCUT2D eigenvalue weighted by atomic mass is 32.2. The summed E-state index contributed by atoms with van der Waals surface area (Å²) in [6, 6.07) is 3.16. The standard InChI is InChI=1S/C12H16N2O4S2/c13-20(16,17)12-4-2-8(19-12)6-11(15)14-9-5-7-1-3-10(9)18-7/h2,4,7,9-10H,1,3,5-6H2,(H,14,15)(H2,13,16,17). The molecular formula is C12H16N2O4S2. The van der Waals surface area contributed by atoms with Crippen molar-refractivity contribution < 1.29 is 17.9 Å². The van der Waals surface area contributed by atoms with Gasteiger partial charge in [-0.15, -0.1) is 11.3 Å². The number of nitrogens with two attached hydrogens (primary N) is 1. The summed E-state index contributed by atoms with van der Waals surface area (Å²) in [5.74, 6) is -0.103. The van der Waals surface area contributed by atoms with E-state index < -0.39 is 10.0 Å². The lowest BCUT2D eigenvalue weighted by molar-refractivity contribution is -0.121. The van der Waals surface area contributed by atoms with E-state index in [4.69, 9.17) is 9.88 Å². The Kier molecular flexibility index (Phi) is 3.57. The fourth-order valence-electron chi connectivity index (χ4n) is 2.81. The lowest BCUT2D eigenvalue weighted by Gasteiger charge is -2.19. The lowest BCUT2D eigenvalue weighted by Crippen LogP contribution is -2.41. The van der Waals surface area contributed by atoms with Crippen molar-refractivity contribution in [1.82, 2.24) is 5.32 Å². The van der Waals surface area contributed by atoms with Gasteiger partial charge in [0.05, 0.1) is 24.7 Å². The molecule has 2 bridgehead atoms. The van der Waals surface area contributed by atoms with Gasteiger partial charge in [0.1, 0.15) is 4.21 Å². The molecule has 2 fully saturated rings. The minimum atomic E-state index is -3.68. The van der Waals surface area contributed by atoms with Gasteiger partial charge in [0.25, 0.3) is 0 Å². The normalized spacial score (nSPS) is 28.8. The minimum Gasteiger partial charge on any atom is -0.373 e. The Balaban J connectivity index is 1.58. The number of primary sulfonamides is 1. The molecule has 8 heteroatoms. The summed E-state index contributed by atoms with van der Waals surface area (Å²) in [4.78, 5) is 12.7. The van der Waals surface area contributed by atoms with Crippen molar-refractivity contribution in [2.75, 3.05) is 0 Å². The van der Waals surface area contributed by atoms with Crippen molar-refractivity contribution in [3.63, 3.8) is 0 Å². The van der Waals surface area contributed by atoms with Gasteiger partial charge in [-0.3, -0.25) is 4.79 Å². The van der Waals surface area contributed by atoms with Crippen LogP contribution in [0.5, 0.6) is 0 Å². The number of carbonyl (C=O) groups excluding carboxylic acids is 1. The first kappa shape index (κ1) is 14.0. The molecule has 0 aliphatic carbocycles. The summed E-state index contributed by atoms with van der Waals surface area (Å²) >= 11 is 1.04. The molecule has 3 rings (SSSR count). The third kappa shape index (κ3) is 2.88. The minimum absolute atomic E-state index is 0.0866. The predicted octanol–water partition coefficient (Wildman–Crippen LogP) is 0.374. The second-order valence-corrected chi connectivity index (χ2v) is 8.18. The molecule has 3 N–H and O–H groups in total. The molecule has 3 atom stereocenters. The predicted molar refractivity (Wildman–Crippen MR) is 73.8 cm³/mol. The molecule has 1 aromatic heterocycles. The van der Waals surface area contributed by atoms with Gasteiger partial charge in [-0.05, 0) is 31.4 Å². The highest BCUT2D eigenvalue weighted by Crippen LogP contribution is 2.34. The molecule has 3 heterocycles. The number of sulfonamides is 1. The van der Waals surface area contributed by atoms with Crippen molar-refractivity contribution in [1.29, 1.82) is 0 Å². The third-order valence-electron chi connectivity index (χ3n) is 3.70. The Morgan fingerprint density at radius 3 is 2.80 bits per heavy atom. The Morgan fingerprint density at radius 2 is 2.25 bits per heavy atom. The SMILES string of the molecule is NS(=O)(=O)c1ccc(CC(=O)NC2CC3CCC2O3)s1. The molecule has 110 valence electrons. The van der Waals surface area contributed by atoms with Crippen LogP contribution in [-0.4, -0.2) is 32.6 Å². The molecule has 1 amide bonds. The first-order valence-corrected chi connectivity index (χ1v) is 8.84. The van der Waals surface area contributed by atoms with E-state index in [1.54, 1.807) is 6.07 Å². The van der Waals surface area contributed by atoms with Gasteiger partial charge in [-0.2, -0.15) is 0 Å². The Morgan fingerprint density at radius 1 is 1.45 bits per heavy atom. The van der Waals surface area contributed by atoms with Crippen LogP contribution in [-0.2, 0) is 26.0 Å². The molecule has 0 radical (unpaired) electrons. The van der Waals surface area contributed by atoms with Crippen LogP contribution in [0.4, 0.5) is 0 Å². The second kappa shape index (κ2) is 5.10. The summed E-state index contributed by atoms with van der Waals surface area (Å²) in [6.45, 7) is 0. The first-order valence-electron chi connectivity index (χ1n) is 6.48. The van der Waals surface area contributed by atoms with Crippen molar-refractivity contribution >= 4 is 27.3 Å². The number of hydrogen-bond acceptors (Lipinski definition) is 5. The zero-order valence-electron chi connectivity index (χ0n) is 10.7. The molecular weight excluding hydrogens is 300 g/mol. The Labute approximate surface area is 121 Å². The van der Waals surface area contributed by atoms with Gasteiger partial charge in [-0.1, -0.05) is 0 Å². The van der Waals surface area contributed by atoms with Gasteiger partial charge in [0, 0.05) is 4.88 Å². The van der Waals surface area contributed by atoms with E-state index in [-0.39, 0.29) is 28.7 Å². The summed E-state index contributed by atoms with van der Waals surface area (Å²) in [7, 11) is -3.68. The van der Waals surface area contributed by atoms with E-state index in [2.05, 4.69) is 5.32 Å². The molecule has 2 aliphatic rings. The van der Waals surface area contributed by atoms with Gasteiger partial charge in [0.2, 0.25) is 15.9 Å². The van der Waals surface area contributed by atoms with E-state index in [1.165, 1.54) is 6.07 Å². The summed E-state index contributed by atoms with van der Waals surface area (Å²) in [6.07, 6.45) is 3.58. The largest absolute Gasteiger partial charge is 0.373 e. The number of carbonyl (C=O) groups is 1. The quantitative estimate of drug-likeness (QED) is 0.838. The van der Waals surface area contributed by atoms with E-state index >= 15 is 0 Å². The summed E-state index contributed by atoms with van der Waals surface area (Å²) in [5, 5.41) is 8.01. The molecule has 0 saturated carbocycles. The average molecular weight is 316 g/mol. The summed E-state index contributed by atoms with van der Waals surface area (Å²) < 4.78 is 28.1. The molecule has 20 heavy (non-hydrogen) atoms. The topological polar surface area (TPSA) is 98.5 Å². The number of ether oxygens (including phenoxy) is 1. The number of hydrogen-bond donors (Lipinski definition) is 2. The lowest BCUT2D eigenvalue weighted by atomic mass is 9.95. The van der Waals surface area contributed by atoms with Crippen molar-refractivity contribution in [3.05, 3.63) is 17.0 Å². The Hall–Kier alpha value is -0.960. The molecule has 1 aromatic rings. The highest BCUT2D eigenvalue weighted by molar-refractivity contribution is 7.91. The number of nitrogens with one attached hydrogen (secondary N) is 1. The van der Waals surface area contributed by atoms with Crippen LogP contribution >= 0.6 is 11.3 Å². The van der Waals surface area contributed by atoms with E-state index in [9.17, 15) is 13.2 Å². The van der Waals surface area contributed by atoms with E-state index in [1.807, 2.05) is 0 Å². The maximum atomic E-state index is 12.0. The molecule has 2 aliphatic heterocycles. The van der Waals surface area contributed by atoms with Crippen molar-refractivity contribution in [2.24, 2.45) is 5.14 Å². The van der Waals surface area contributed by atoms with Crippen molar-refractivity contribution in [3.8, 4) is 0 Å². The van der Waals surface area contributed by atoms with Crippen molar-refractivity contribution in [2.45, 2.75) is 48.1 Å². The molecule has 0 aromatic carbocycles. The second-order valence-electron chi connectivity index (χ2n) is 5.23. The fourth-order valence-corrected chi connectivity index (χ4v) is 4.59. The van der Waals surface area contributed by atoms with Gasteiger partial charge < -0.3 is 10.1 Å². The molecule has 2 saturated heterocycles. The first-order chi connectivity index (χ1) is 9.41. The van der Waals surface area contributed by atoms with Crippen LogP contribution in [0.25, 0.3) is 0 Å². The summed E-state index contributed by atoms with van der Waals surface area (Å²) in [5.41, 5.74) is 0. The maximum absolute atomic E-state index is 12.0. The number of rotatable bonds is 4. The van der Waals surface area contributed by atoms with Crippen LogP contribution in [0.1, 0.15) is 24.1 Å². The number of amides is 1. The van der Waals surface area contributed by atoms with Gasteiger partial charge >= 0.3 is 0 Å².